The van der Waals surface area contributed by atoms with E-state index >= 15 is 0 Å². The maximum absolute atomic E-state index is 6.43. The minimum absolute atomic E-state index is 0.271. The van der Waals surface area contributed by atoms with Crippen LogP contribution in [-0.2, 0) is 4.74 Å². The van der Waals surface area contributed by atoms with Gasteiger partial charge in [0.25, 0.3) is 0 Å². The van der Waals surface area contributed by atoms with Crippen LogP contribution in [0.2, 0.25) is 0 Å². The summed E-state index contributed by atoms with van der Waals surface area (Å²) >= 11 is 0. The molecule has 25 heavy (non-hydrogen) atoms. The molecule has 4 rings (SSSR count). The summed E-state index contributed by atoms with van der Waals surface area (Å²) in [7, 11) is 2.04. The van der Waals surface area contributed by atoms with E-state index in [1.54, 1.807) is 6.33 Å². The first-order valence-corrected chi connectivity index (χ1v) is 9.24. The number of benzene rings is 1. The Morgan fingerprint density at radius 1 is 1.16 bits per heavy atom. The van der Waals surface area contributed by atoms with E-state index in [1.807, 2.05) is 13.2 Å². The zero-order valence-corrected chi connectivity index (χ0v) is 14.8. The van der Waals surface area contributed by atoms with Gasteiger partial charge in [0, 0.05) is 37.1 Å². The monoisotopic (exact) mass is 342 g/mol. The largest absolute Gasteiger partial charge is 0.490 e. The number of hydrogen-bond donors (Lipinski definition) is 1. The van der Waals surface area contributed by atoms with Crippen molar-refractivity contribution in [3.8, 4) is 5.75 Å². The van der Waals surface area contributed by atoms with Crippen LogP contribution in [0.1, 0.15) is 25.7 Å². The van der Waals surface area contributed by atoms with Crippen molar-refractivity contribution in [2.24, 2.45) is 0 Å². The van der Waals surface area contributed by atoms with E-state index in [-0.39, 0.29) is 6.10 Å². The summed E-state index contributed by atoms with van der Waals surface area (Å²) in [6, 6.07) is 4.91. The van der Waals surface area contributed by atoms with Gasteiger partial charge < -0.3 is 19.7 Å². The molecule has 0 bridgehead atoms. The maximum atomic E-state index is 6.43. The lowest BCUT2D eigenvalue weighted by Crippen LogP contribution is -2.36. The van der Waals surface area contributed by atoms with Crippen molar-refractivity contribution in [2.75, 3.05) is 38.3 Å². The number of hydrogen-bond acceptors (Lipinski definition) is 6. The Balaban J connectivity index is 1.60. The number of rotatable bonds is 4. The van der Waals surface area contributed by atoms with E-state index in [9.17, 15) is 0 Å². The standard InChI is InChI=1S/C19H26N4O2/c1-20-14-2-4-16(5-3-14)25-19-11-15(23-6-8-24-9-7-23)10-18-17(19)12-21-13-22-18/h10-14,16,20H,2-9H2,1H3/t14-,16+. The molecule has 1 aliphatic heterocycles. The highest BCUT2D eigenvalue weighted by atomic mass is 16.5. The van der Waals surface area contributed by atoms with Gasteiger partial charge in [-0.1, -0.05) is 0 Å². The summed E-state index contributed by atoms with van der Waals surface area (Å²) in [5.41, 5.74) is 2.10. The quantitative estimate of drug-likeness (QED) is 0.921. The van der Waals surface area contributed by atoms with Crippen LogP contribution in [0.25, 0.3) is 10.9 Å². The molecule has 1 saturated heterocycles. The highest BCUT2D eigenvalue weighted by molar-refractivity contribution is 5.88. The first kappa shape index (κ1) is 16.5. The summed E-state index contributed by atoms with van der Waals surface area (Å²) in [4.78, 5) is 11.0. The zero-order valence-electron chi connectivity index (χ0n) is 14.8. The third-order valence-electron chi connectivity index (χ3n) is 5.32. The summed E-state index contributed by atoms with van der Waals surface area (Å²) in [5.74, 6) is 0.910. The van der Waals surface area contributed by atoms with Gasteiger partial charge in [-0.2, -0.15) is 0 Å². The smallest absolute Gasteiger partial charge is 0.132 e. The lowest BCUT2D eigenvalue weighted by Gasteiger charge is -2.31. The SMILES string of the molecule is CN[C@H]1CC[C@@H](Oc2cc(N3CCOCC3)cc3ncncc23)CC1. The number of aromatic nitrogens is 2. The second-order valence-corrected chi connectivity index (χ2v) is 6.88. The van der Waals surface area contributed by atoms with Gasteiger partial charge in [-0.3, -0.25) is 0 Å². The van der Waals surface area contributed by atoms with Gasteiger partial charge in [-0.25, -0.2) is 9.97 Å². The van der Waals surface area contributed by atoms with Crippen LogP contribution >= 0.6 is 0 Å². The topological polar surface area (TPSA) is 59.5 Å². The normalized spacial score (nSPS) is 24.4. The van der Waals surface area contributed by atoms with Crippen molar-refractivity contribution in [1.29, 1.82) is 0 Å². The molecule has 1 aromatic heterocycles. The second-order valence-electron chi connectivity index (χ2n) is 6.88. The van der Waals surface area contributed by atoms with Crippen molar-refractivity contribution in [3.63, 3.8) is 0 Å². The molecule has 0 radical (unpaired) electrons. The van der Waals surface area contributed by atoms with Gasteiger partial charge in [0.1, 0.15) is 12.1 Å². The number of nitrogens with one attached hydrogen (secondary N) is 1. The molecule has 0 spiro atoms. The predicted octanol–water partition coefficient (Wildman–Crippen LogP) is 2.38. The van der Waals surface area contributed by atoms with Crippen LogP contribution < -0.4 is 15.0 Å². The highest BCUT2D eigenvalue weighted by Gasteiger charge is 2.23. The third kappa shape index (κ3) is 3.70. The van der Waals surface area contributed by atoms with Crippen LogP contribution in [-0.4, -0.2) is 55.5 Å². The molecule has 2 heterocycles. The van der Waals surface area contributed by atoms with Crippen LogP contribution in [0.15, 0.2) is 24.7 Å². The first-order chi connectivity index (χ1) is 12.3. The number of anilines is 1. The van der Waals surface area contributed by atoms with E-state index in [4.69, 9.17) is 9.47 Å². The van der Waals surface area contributed by atoms with Crippen molar-refractivity contribution < 1.29 is 9.47 Å². The fourth-order valence-corrected chi connectivity index (χ4v) is 3.79. The highest BCUT2D eigenvalue weighted by Crippen LogP contribution is 2.33. The molecule has 1 saturated carbocycles. The van der Waals surface area contributed by atoms with Gasteiger partial charge in [0.05, 0.1) is 30.2 Å². The Morgan fingerprint density at radius 3 is 2.72 bits per heavy atom. The summed E-state index contributed by atoms with van der Waals surface area (Å²) in [5, 5.41) is 4.37. The summed E-state index contributed by atoms with van der Waals surface area (Å²) < 4.78 is 11.9. The van der Waals surface area contributed by atoms with Crippen LogP contribution in [0.4, 0.5) is 5.69 Å². The van der Waals surface area contributed by atoms with Gasteiger partial charge in [0.2, 0.25) is 0 Å². The van der Waals surface area contributed by atoms with Crippen molar-refractivity contribution in [2.45, 2.75) is 37.8 Å². The average molecular weight is 342 g/mol. The third-order valence-corrected chi connectivity index (χ3v) is 5.32. The Kier molecular flexibility index (Phi) is 4.99. The van der Waals surface area contributed by atoms with E-state index in [2.05, 4.69) is 32.3 Å². The minimum atomic E-state index is 0.271. The molecule has 0 unspecified atom stereocenters. The molecule has 2 aromatic rings. The molecule has 1 aliphatic carbocycles. The van der Waals surface area contributed by atoms with Crippen molar-refractivity contribution in [3.05, 3.63) is 24.7 Å². The number of morpholine rings is 1. The summed E-state index contributed by atoms with van der Waals surface area (Å²) in [6.45, 7) is 3.35. The van der Waals surface area contributed by atoms with E-state index in [0.29, 0.717) is 6.04 Å². The molecular formula is C19H26N4O2. The zero-order chi connectivity index (χ0) is 17.1. The Hall–Kier alpha value is -1.92. The minimum Gasteiger partial charge on any atom is -0.490 e. The van der Waals surface area contributed by atoms with Crippen LogP contribution in [0, 0.1) is 0 Å². The lowest BCUT2D eigenvalue weighted by atomic mass is 9.93. The fraction of sp³-hybridized carbons (Fsp3) is 0.579. The van der Waals surface area contributed by atoms with Gasteiger partial charge in [0.15, 0.2) is 0 Å². The molecule has 2 aliphatic rings. The number of ether oxygens (including phenoxy) is 2. The first-order valence-electron chi connectivity index (χ1n) is 9.24. The molecule has 0 atom stereocenters. The van der Waals surface area contributed by atoms with Crippen LogP contribution in [0.5, 0.6) is 5.75 Å². The van der Waals surface area contributed by atoms with Gasteiger partial charge >= 0.3 is 0 Å². The van der Waals surface area contributed by atoms with E-state index in [0.717, 1.165) is 61.5 Å². The fourth-order valence-electron chi connectivity index (χ4n) is 3.79. The molecule has 6 nitrogen and oxygen atoms in total. The molecule has 6 heteroatoms. The van der Waals surface area contributed by atoms with Gasteiger partial charge in [-0.15, -0.1) is 0 Å². The van der Waals surface area contributed by atoms with E-state index in [1.165, 1.54) is 12.8 Å². The Morgan fingerprint density at radius 2 is 1.96 bits per heavy atom. The van der Waals surface area contributed by atoms with Gasteiger partial charge in [-0.05, 0) is 38.8 Å². The van der Waals surface area contributed by atoms with Crippen LogP contribution in [0.3, 0.4) is 0 Å². The molecule has 1 aromatic carbocycles. The number of nitrogens with zero attached hydrogens (tertiary/aromatic N) is 3. The van der Waals surface area contributed by atoms with E-state index < -0.39 is 0 Å². The average Bonchev–Trinajstić information content (AvgIpc) is 2.69. The molecule has 0 amide bonds. The van der Waals surface area contributed by atoms with Crippen molar-refractivity contribution in [1.82, 2.24) is 15.3 Å². The number of fused-ring (bicyclic) bond motifs is 1. The molecule has 2 fully saturated rings. The maximum Gasteiger partial charge on any atom is 0.132 e. The summed E-state index contributed by atoms with van der Waals surface area (Å²) in [6.07, 6.45) is 8.24. The molecular weight excluding hydrogens is 316 g/mol. The molecule has 134 valence electrons. The van der Waals surface area contributed by atoms with Crippen molar-refractivity contribution >= 4 is 16.6 Å². The predicted molar refractivity (Wildman–Crippen MR) is 98.3 cm³/mol. The Labute approximate surface area is 148 Å². The molecule has 1 N–H and O–H groups in total. The Bertz CT molecular complexity index is 710. The second kappa shape index (κ2) is 7.54. The lowest BCUT2D eigenvalue weighted by molar-refractivity contribution is 0.122.